The minimum Gasteiger partial charge on any atom is -0.481 e. The van der Waals surface area contributed by atoms with Gasteiger partial charge in [0.1, 0.15) is 0 Å². The minimum atomic E-state index is -0.634. The molecule has 2 aliphatic carbocycles. The molecule has 4 nitrogen and oxygen atoms in total. The first-order valence-electron chi connectivity index (χ1n) is 12.8. The quantitative estimate of drug-likeness (QED) is 0.392. The van der Waals surface area contributed by atoms with Crippen LogP contribution in [0.4, 0.5) is 0 Å². The van der Waals surface area contributed by atoms with Crippen molar-refractivity contribution in [3.63, 3.8) is 0 Å². The smallest absolute Gasteiger partial charge is 0.316 e. The van der Waals surface area contributed by atoms with E-state index < -0.39 is 16.8 Å². The molecule has 2 fully saturated rings. The maximum Gasteiger partial charge on any atom is 0.316 e. The van der Waals surface area contributed by atoms with Gasteiger partial charge in [0, 0.05) is 9.75 Å². The van der Waals surface area contributed by atoms with Gasteiger partial charge in [-0.15, -0.1) is 22.7 Å². The van der Waals surface area contributed by atoms with Gasteiger partial charge in [-0.25, -0.2) is 0 Å². The number of carboxylic acids is 1. The maximum atomic E-state index is 12.2. The largest absolute Gasteiger partial charge is 0.481 e. The topological polar surface area (TPSA) is 63.6 Å². The molecule has 2 aliphatic rings. The number of ether oxygens (including phenoxy) is 1. The van der Waals surface area contributed by atoms with Crippen molar-refractivity contribution in [3.05, 3.63) is 50.4 Å². The van der Waals surface area contributed by atoms with Gasteiger partial charge in [-0.3, -0.25) is 9.59 Å². The highest BCUT2D eigenvalue weighted by Gasteiger charge is 2.43. The number of aliphatic carboxylic acids is 1. The molecule has 35 heavy (non-hydrogen) atoms. The zero-order valence-corrected chi connectivity index (χ0v) is 23.3. The fourth-order valence-corrected chi connectivity index (χ4v) is 7.43. The molecule has 0 spiro atoms. The number of hydrogen-bond acceptors (Lipinski definition) is 5. The molecule has 4 rings (SSSR count). The summed E-state index contributed by atoms with van der Waals surface area (Å²) < 4.78 is 5.06. The predicted octanol–water partition coefficient (Wildman–Crippen LogP) is 8.31. The summed E-state index contributed by atoms with van der Waals surface area (Å²) in [5.74, 6) is -0.221. The van der Waals surface area contributed by atoms with Crippen molar-refractivity contribution in [2.45, 2.75) is 102 Å². The standard InChI is InChI=1S/C15H20O2S.C14H20O2S/c1-11(2)13-9-12(10-18-13)15(14(16)17-3)7-5-4-6-8-15;1-10(2)12-8-11(9-17-12)14(13(15)16)6-4-3-5-7-14/h9-10H,1,4-8H2,2-3H3;8-10H,3-7H2,1-2H3,(H,15,16). The average molecular weight is 517 g/mol. The molecule has 0 radical (unpaired) electrons. The van der Waals surface area contributed by atoms with Gasteiger partial charge in [-0.2, -0.15) is 0 Å². The maximum absolute atomic E-state index is 12.2. The molecule has 2 heterocycles. The second kappa shape index (κ2) is 11.9. The Balaban J connectivity index is 0.000000196. The Morgan fingerprint density at radius 3 is 1.86 bits per heavy atom. The van der Waals surface area contributed by atoms with Crippen LogP contribution in [0, 0.1) is 0 Å². The zero-order chi connectivity index (χ0) is 25.6. The van der Waals surface area contributed by atoms with Gasteiger partial charge in [0.05, 0.1) is 17.9 Å². The molecule has 0 aliphatic heterocycles. The molecule has 6 heteroatoms. The van der Waals surface area contributed by atoms with E-state index in [1.54, 1.807) is 22.7 Å². The molecule has 0 atom stereocenters. The summed E-state index contributed by atoms with van der Waals surface area (Å²) >= 11 is 3.37. The number of methoxy groups -OCH3 is 1. The van der Waals surface area contributed by atoms with Gasteiger partial charge in [0.15, 0.2) is 0 Å². The Morgan fingerprint density at radius 1 is 0.914 bits per heavy atom. The number of hydrogen-bond donors (Lipinski definition) is 1. The van der Waals surface area contributed by atoms with Crippen LogP contribution in [0.15, 0.2) is 29.5 Å². The van der Waals surface area contributed by atoms with Crippen LogP contribution in [0.2, 0.25) is 0 Å². The number of carboxylic acid groups (broad SMARTS) is 1. The molecule has 2 aromatic heterocycles. The van der Waals surface area contributed by atoms with E-state index in [0.717, 1.165) is 68.1 Å². The van der Waals surface area contributed by atoms with Gasteiger partial charge in [0.25, 0.3) is 0 Å². The highest BCUT2D eigenvalue weighted by atomic mass is 32.1. The van der Waals surface area contributed by atoms with Crippen LogP contribution in [0.25, 0.3) is 5.57 Å². The first-order chi connectivity index (χ1) is 16.7. The van der Waals surface area contributed by atoms with E-state index in [4.69, 9.17) is 4.74 Å². The Kier molecular flexibility index (Phi) is 9.39. The van der Waals surface area contributed by atoms with Crippen LogP contribution in [-0.4, -0.2) is 24.2 Å². The summed E-state index contributed by atoms with van der Waals surface area (Å²) in [6.07, 6.45) is 10.1. The lowest BCUT2D eigenvalue weighted by atomic mass is 9.70. The zero-order valence-electron chi connectivity index (χ0n) is 21.7. The summed E-state index contributed by atoms with van der Waals surface area (Å²) in [5.41, 5.74) is 2.22. The van der Waals surface area contributed by atoms with E-state index in [1.165, 1.54) is 29.7 Å². The first-order valence-corrected chi connectivity index (χ1v) is 14.6. The molecular formula is C29H40O4S2. The van der Waals surface area contributed by atoms with Crippen molar-refractivity contribution in [1.82, 2.24) is 0 Å². The number of rotatable bonds is 6. The fourth-order valence-electron chi connectivity index (χ4n) is 5.46. The lowest BCUT2D eigenvalue weighted by Crippen LogP contribution is -2.38. The fraction of sp³-hybridized carbons (Fsp3) is 0.586. The normalized spacial score (nSPS) is 18.9. The van der Waals surface area contributed by atoms with Gasteiger partial charge >= 0.3 is 11.9 Å². The highest BCUT2D eigenvalue weighted by Crippen LogP contribution is 2.43. The van der Waals surface area contributed by atoms with Crippen LogP contribution < -0.4 is 0 Å². The van der Waals surface area contributed by atoms with Gasteiger partial charge in [-0.05, 0) is 78.1 Å². The molecule has 1 N–H and O–H groups in total. The third kappa shape index (κ3) is 5.91. The lowest BCUT2D eigenvalue weighted by molar-refractivity contribution is -0.149. The monoisotopic (exact) mass is 516 g/mol. The molecule has 0 unspecified atom stereocenters. The Bertz CT molecular complexity index is 1020. The summed E-state index contributed by atoms with van der Waals surface area (Å²) in [7, 11) is 1.49. The summed E-state index contributed by atoms with van der Waals surface area (Å²) in [5, 5.41) is 13.8. The van der Waals surface area contributed by atoms with Crippen LogP contribution >= 0.6 is 22.7 Å². The van der Waals surface area contributed by atoms with Crippen molar-refractivity contribution < 1.29 is 19.4 Å². The van der Waals surface area contributed by atoms with Crippen molar-refractivity contribution in [3.8, 4) is 0 Å². The van der Waals surface area contributed by atoms with E-state index in [1.807, 2.05) is 6.92 Å². The first kappa shape index (κ1) is 27.7. The van der Waals surface area contributed by atoms with E-state index >= 15 is 0 Å². The highest BCUT2D eigenvalue weighted by molar-refractivity contribution is 7.11. The third-order valence-corrected chi connectivity index (χ3v) is 10.0. The summed E-state index contributed by atoms with van der Waals surface area (Å²) in [6.45, 7) is 10.3. The summed E-state index contributed by atoms with van der Waals surface area (Å²) in [6, 6.07) is 4.24. The summed E-state index contributed by atoms with van der Waals surface area (Å²) in [4.78, 5) is 26.4. The van der Waals surface area contributed by atoms with E-state index in [-0.39, 0.29) is 5.97 Å². The van der Waals surface area contributed by atoms with Crippen molar-refractivity contribution in [1.29, 1.82) is 0 Å². The van der Waals surface area contributed by atoms with Crippen molar-refractivity contribution in [2.75, 3.05) is 7.11 Å². The van der Waals surface area contributed by atoms with E-state index in [0.29, 0.717) is 5.92 Å². The second-order valence-corrected chi connectivity index (χ2v) is 12.3. The number of esters is 1. The van der Waals surface area contributed by atoms with Crippen molar-refractivity contribution >= 4 is 40.2 Å². The number of carbonyl (C=O) groups excluding carboxylic acids is 1. The number of thiophene rings is 2. The third-order valence-electron chi connectivity index (χ3n) is 7.71. The van der Waals surface area contributed by atoms with Crippen LogP contribution in [0.3, 0.4) is 0 Å². The Hall–Kier alpha value is -1.92. The molecule has 0 amide bonds. The molecular weight excluding hydrogens is 476 g/mol. The van der Waals surface area contributed by atoms with E-state index in [2.05, 4.69) is 43.3 Å². The van der Waals surface area contributed by atoms with Gasteiger partial charge in [0.2, 0.25) is 0 Å². The average Bonchev–Trinajstić information content (AvgIpc) is 3.56. The Labute approximate surface area is 218 Å². The second-order valence-electron chi connectivity index (χ2n) is 10.5. The number of allylic oxidation sites excluding steroid dienone is 1. The SMILES string of the molecule is C=C(C)c1cc(C2(C(=O)OC)CCCCC2)cs1.CC(C)c1cc(C2(C(=O)O)CCCCC2)cs1. The van der Waals surface area contributed by atoms with Crippen LogP contribution in [-0.2, 0) is 25.2 Å². The van der Waals surface area contributed by atoms with Crippen LogP contribution in [0.5, 0.6) is 0 Å². The Morgan fingerprint density at radius 2 is 1.43 bits per heavy atom. The van der Waals surface area contributed by atoms with Crippen molar-refractivity contribution in [2.24, 2.45) is 0 Å². The van der Waals surface area contributed by atoms with Crippen LogP contribution in [0.1, 0.15) is 112 Å². The molecule has 0 aromatic carbocycles. The molecule has 2 aromatic rings. The predicted molar refractivity (Wildman–Crippen MR) is 147 cm³/mol. The lowest BCUT2D eigenvalue weighted by Gasteiger charge is -2.34. The van der Waals surface area contributed by atoms with Gasteiger partial charge in [-0.1, -0.05) is 59.0 Å². The van der Waals surface area contributed by atoms with E-state index in [9.17, 15) is 14.7 Å². The number of carbonyl (C=O) groups is 2. The molecule has 192 valence electrons. The molecule has 0 saturated heterocycles. The molecule has 0 bridgehead atoms. The minimum absolute atomic E-state index is 0.0757. The molecule has 2 saturated carbocycles. The van der Waals surface area contributed by atoms with Gasteiger partial charge < -0.3 is 9.84 Å².